The van der Waals surface area contributed by atoms with Gasteiger partial charge in [-0.1, -0.05) is 18.2 Å². The first-order valence-electron chi connectivity index (χ1n) is 6.14. The van der Waals surface area contributed by atoms with Gasteiger partial charge in [0.05, 0.1) is 7.11 Å². The van der Waals surface area contributed by atoms with Crippen LogP contribution in [0.2, 0.25) is 0 Å². The van der Waals surface area contributed by atoms with Crippen molar-refractivity contribution in [3.8, 4) is 16.9 Å². The number of fused-ring (bicyclic) bond motifs is 1. The highest BCUT2D eigenvalue weighted by Crippen LogP contribution is 2.24. The number of ether oxygens (including phenoxy) is 1. The van der Waals surface area contributed by atoms with Gasteiger partial charge in [0, 0.05) is 10.9 Å². The first kappa shape index (κ1) is 12.4. The molecule has 0 spiro atoms. The largest absolute Gasteiger partial charge is 0.491 e. The molecule has 1 N–H and O–H groups in total. The number of aromatic amines is 1. The first-order valence-corrected chi connectivity index (χ1v) is 6.14. The van der Waals surface area contributed by atoms with E-state index in [-0.39, 0.29) is 17.1 Å². The predicted molar refractivity (Wildman–Crippen MR) is 76.5 cm³/mol. The summed E-state index contributed by atoms with van der Waals surface area (Å²) in [6.45, 7) is 0. The van der Waals surface area contributed by atoms with Gasteiger partial charge in [0.25, 0.3) is 5.56 Å². The molecule has 0 aliphatic rings. The topological polar surface area (TPSA) is 42.1 Å². The molecule has 0 bridgehead atoms. The van der Waals surface area contributed by atoms with Gasteiger partial charge in [0.15, 0.2) is 5.75 Å². The summed E-state index contributed by atoms with van der Waals surface area (Å²) in [6.07, 6.45) is 0. The lowest BCUT2D eigenvalue weighted by atomic mass is 10.0. The molecule has 20 heavy (non-hydrogen) atoms. The number of halogens is 1. The third kappa shape index (κ3) is 2.16. The Morgan fingerprint density at radius 1 is 1.00 bits per heavy atom. The van der Waals surface area contributed by atoms with Crippen molar-refractivity contribution in [3.63, 3.8) is 0 Å². The number of H-pyrrole nitrogens is 1. The summed E-state index contributed by atoms with van der Waals surface area (Å²) in [5.41, 5.74) is 2.35. The van der Waals surface area contributed by atoms with Crippen molar-refractivity contribution >= 4 is 10.9 Å². The number of nitrogens with one attached hydrogen (secondary N) is 1. The zero-order chi connectivity index (χ0) is 14.1. The van der Waals surface area contributed by atoms with Crippen LogP contribution in [0.5, 0.6) is 5.75 Å². The maximum absolute atomic E-state index is 12.9. The van der Waals surface area contributed by atoms with Crippen LogP contribution in [0.25, 0.3) is 22.0 Å². The summed E-state index contributed by atoms with van der Waals surface area (Å²) >= 11 is 0. The fourth-order valence-corrected chi connectivity index (χ4v) is 2.16. The van der Waals surface area contributed by atoms with Gasteiger partial charge in [-0.25, -0.2) is 4.39 Å². The van der Waals surface area contributed by atoms with E-state index in [4.69, 9.17) is 4.74 Å². The SMILES string of the molecule is COc1cc2cc(-c3ccc(F)cc3)ccc2[nH]c1=O. The fourth-order valence-electron chi connectivity index (χ4n) is 2.16. The first-order chi connectivity index (χ1) is 9.67. The van der Waals surface area contributed by atoms with E-state index in [0.29, 0.717) is 0 Å². The van der Waals surface area contributed by atoms with Crippen LogP contribution in [0, 0.1) is 5.82 Å². The van der Waals surface area contributed by atoms with Crippen LogP contribution < -0.4 is 10.3 Å². The highest BCUT2D eigenvalue weighted by molar-refractivity contribution is 5.85. The minimum absolute atomic E-state index is 0.255. The Labute approximate surface area is 114 Å². The van der Waals surface area contributed by atoms with Gasteiger partial charge in [0.1, 0.15) is 5.82 Å². The van der Waals surface area contributed by atoms with Crippen LogP contribution >= 0.6 is 0 Å². The fraction of sp³-hybridized carbons (Fsp3) is 0.0625. The average molecular weight is 269 g/mol. The number of methoxy groups -OCH3 is 1. The van der Waals surface area contributed by atoms with Crippen molar-refractivity contribution in [1.82, 2.24) is 4.98 Å². The highest BCUT2D eigenvalue weighted by Gasteiger charge is 2.05. The molecule has 3 rings (SSSR count). The molecule has 0 unspecified atom stereocenters. The molecule has 0 saturated heterocycles. The van der Waals surface area contributed by atoms with Gasteiger partial charge >= 0.3 is 0 Å². The zero-order valence-corrected chi connectivity index (χ0v) is 10.8. The van der Waals surface area contributed by atoms with E-state index >= 15 is 0 Å². The van der Waals surface area contributed by atoms with Crippen molar-refractivity contribution < 1.29 is 9.13 Å². The number of aromatic nitrogens is 1. The summed E-state index contributed by atoms with van der Waals surface area (Å²) in [5.74, 6) is 0.00861. The summed E-state index contributed by atoms with van der Waals surface area (Å²) < 4.78 is 18.0. The van der Waals surface area contributed by atoms with E-state index in [1.54, 1.807) is 18.2 Å². The van der Waals surface area contributed by atoms with Gasteiger partial charge in [-0.05, 0) is 41.5 Å². The van der Waals surface area contributed by atoms with Gasteiger partial charge in [0.2, 0.25) is 0 Å². The molecule has 0 fully saturated rings. The Bertz CT molecular complexity index is 822. The second kappa shape index (κ2) is 4.81. The standard InChI is InChI=1S/C16H12FNO2/c1-20-15-9-12-8-11(4-7-14(12)18-16(15)19)10-2-5-13(17)6-3-10/h2-9H,1H3,(H,18,19). The molecule has 0 atom stereocenters. The molecule has 0 radical (unpaired) electrons. The van der Waals surface area contributed by atoms with Crippen molar-refractivity contribution in [2.24, 2.45) is 0 Å². The molecule has 1 heterocycles. The molecule has 3 aromatic rings. The van der Waals surface area contributed by atoms with Crippen molar-refractivity contribution in [3.05, 3.63) is 64.7 Å². The highest BCUT2D eigenvalue weighted by atomic mass is 19.1. The van der Waals surface area contributed by atoms with E-state index in [2.05, 4.69) is 4.98 Å². The van der Waals surface area contributed by atoms with E-state index < -0.39 is 0 Å². The van der Waals surface area contributed by atoms with E-state index in [1.165, 1.54) is 19.2 Å². The van der Waals surface area contributed by atoms with Gasteiger partial charge < -0.3 is 9.72 Å². The molecule has 0 amide bonds. The number of hydrogen-bond acceptors (Lipinski definition) is 2. The third-order valence-corrected chi connectivity index (χ3v) is 3.21. The Morgan fingerprint density at radius 2 is 1.70 bits per heavy atom. The number of pyridine rings is 1. The van der Waals surface area contributed by atoms with Gasteiger partial charge in [-0.15, -0.1) is 0 Å². The minimum Gasteiger partial charge on any atom is -0.491 e. The van der Waals surface area contributed by atoms with E-state index in [9.17, 15) is 9.18 Å². The van der Waals surface area contributed by atoms with Gasteiger partial charge in [-0.3, -0.25) is 4.79 Å². The summed E-state index contributed by atoms with van der Waals surface area (Å²) in [5, 5.41) is 0.864. The molecule has 1 aromatic heterocycles. The summed E-state index contributed by atoms with van der Waals surface area (Å²) in [6, 6.07) is 13.6. The van der Waals surface area contributed by atoms with Gasteiger partial charge in [-0.2, -0.15) is 0 Å². The van der Waals surface area contributed by atoms with Crippen molar-refractivity contribution in [2.45, 2.75) is 0 Å². The Kier molecular flexibility index (Phi) is 2.99. The Morgan fingerprint density at radius 3 is 2.40 bits per heavy atom. The van der Waals surface area contributed by atoms with Crippen LogP contribution in [-0.4, -0.2) is 12.1 Å². The molecule has 4 heteroatoms. The van der Waals surface area contributed by atoms with Crippen LogP contribution in [0.15, 0.2) is 53.3 Å². The molecule has 2 aromatic carbocycles. The van der Waals surface area contributed by atoms with Crippen LogP contribution in [0.1, 0.15) is 0 Å². The lowest BCUT2D eigenvalue weighted by molar-refractivity contribution is 0.409. The molecule has 100 valence electrons. The summed E-state index contributed by atoms with van der Waals surface area (Å²) in [7, 11) is 1.46. The van der Waals surface area contributed by atoms with Crippen LogP contribution in [-0.2, 0) is 0 Å². The zero-order valence-electron chi connectivity index (χ0n) is 10.8. The second-order valence-electron chi connectivity index (χ2n) is 4.48. The molecule has 3 nitrogen and oxygen atoms in total. The number of benzene rings is 2. The van der Waals surface area contributed by atoms with E-state index in [0.717, 1.165) is 22.0 Å². The minimum atomic E-state index is -0.263. The lowest BCUT2D eigenvalue weighted by Gasteiger charge is -2.06. The smallest absolute Gasteiger partial charge is 0.290 e. The maximum Gasteiger partial charge on any atom is 0.290 e. The molecular weight excluding hydrogens is 257 g/mol. The predicted octanol–water partition coefficient (Wildman–Crippen LogP) is 3.34. The average Bonchev–Trinajstić information content (AvgIpc) is 2.47. The Hall–Kier alpha value is -2.62. The monoisotopic (exact) mass is 269 g/mol. The Balaban J connectivity index is 2.16. The molecular formula is C16H12FNO2. The molecule has 0 aliphatic heterocycles. The quantitative estimate of drug-likeness (QED) is 0.775. The van der Waals surface area contributed by atoms with Crippen molar-refractivity contribution in [1.29, 1.82) is 0 Å². The molecule has 0 aliphatic carbocycles. The third-order valence-electron chi connectivity index (χ3n) is 3.21. The van der Waals surface area contributed by atoms with Crippen LogP contribution in [0.3, 0.4) is 0 Å². The normalized spacial score (nSPS) is 10.7. The van der Waals surface area contributed by atoms with E-state index in [1.807, 2.05) is 18.2 Å². The lowest BCUT2D eigenvalue weighted by Crippen LogP contribution is -2.08. The van der Waals surface area contributed by atoms with Crippen LogP contribution in [0.4, 0.5) is 4.39 Å². The van der Waals surface area contributed by atoms with Crippen molar-refractivity contribution in [2.75, 3.05) is 7.11 Å². The maximum atomic E-state index is 12.9. The number of rotatable bonds is 2. The molecule has 0 saturated carbocycles. The second-order valence-corrected chi connectivity index (χ2v) is 4.48. The summed E-state index contributed by atoms with van der Waals surface area (Å²) in [4.78, 5) is 14.4. The number of hydrogen-bond donors (Lipinski definition) is 1.